The number of aryl methyl sites for hydroxylation is 2. The lowest BCUT2D eigenvalue weighted by Gasteiger charge is -2.10. The quantitative estimate of drug-likeness (QED) is 0.678. The van der Waals surface area contributed by atoms with Gasteiger partial charge in [-0.15, -0.1) is 16.4 Å². The van der Waals surface area contributed by atoms with E-state index in [9.17, 15) is 9.59 Å². The summed E-state index contributed by atoms with van der Waals surface area (Å²) in [6.07, 6.45) is 0.843. The zero-order valence-corrected chi connectivity index (χ0v) is 15.6. The minimum atomic E-state index is -0.215. The summed E-state index contributed by atoms with van der Waals surface area (Å²) in [7, 11) is 0. The first-order chi connectivity index (χ1) is 11.4. The summed E-state index contributed by atoms with van der Waals surface area (Å²) in [6.45, 7) is 8.49. The van der Waals surface area contributed by atoms with Crippen LogP contribution in [0.15, 0.2) is 14.7 Å². The highest BCUT2D eigenvalue weighted by Crippen LogP contribution is 2.33. The van der Waals surface area contributed by atoms with Crippen LogP contribution in [0, 0.1) is 13.8 Å². The van der Waals surface area contributed by atoms with Gasteiger partial charge in [0.1, 0.15) is 10.7 Å². The monoisotopic (exact) mass is 365 g/mol. The maximum atomic E-state index is 12.4. The number of nitrogens with zero attached hydrogens (tertiary/aromatic N) is 3. The molecule has 2 N–H and O–H groups in total. The Morgan fingerprint density at radius 3 is 2.79 bits per heavy atom. The summed E-state index contributed by atoms with van der Waals surface area (Å²) >= 11 is 2.93. The van der Waals surface area contributed by atoms with E-state index in [0.717, 1.165) is 21.7 Å². The lowest BCUT2D eigenvalue weighted by Crippen LogP contribution is -2.17. The van der Waals surface area contributed by atoms with E-state index in [1.165, 1.54) is 23.1 Å². The molecule has 0 bridgehead atoms. The van der Waals surface area contributed by atoms with Crippen LogP contribution < -0.4 is 11.2 Å². The third-order valence-electron chi connectivity index (χ3n) is 3.90. The summed E-state index contributed by atoms with van der Waals surface area (Å²) in [4.78, 5) is 33.5. The summed E-state index contributed by atoms with van der Waals surface area (Å²) < 4.78 is 1.61. The molecule has 24 heavy (non-hydrogen) atoms. The van der Waals surface area contributed by atoms with Crippen LogP contribution in [0.2, 0.25) is 0 Å². The molecule has 3 rings (SSSR count). The van der Waals surface area contributed by atoms with Crippen molar-refractivity contribution in [1.29, 1.82) is 0 Å². The Balaban J connectivity index is 1.96. The molecule has 0 amide bonds. The fraction of sp³-hybridized carbons (Fsp3) is 0.467. The smallest absolute Gasteiger partial charge is 0.309 e. The van der Waals surface area contributed by atoms with Crippen LogP contribution in [-0.2, 0) is 6.54 Å². The maximum Gasteiger partial charge on any atom is 0.343 e. The van der Waals surface area contributed by atoms with Gasteiger partial charge in [0.25, 0.3) is 5.56 Å². The molecule has 9 heteroatoms. The number of hydrogen-bond donors (Lipinski definition) is 2. The van der Waals surface area contributed by atoms with Gasteiger partial charge < -0.3 is 4.98 Å². The molecule has 7 nitrogen and oxygen atoms in total. The van der Waals surface area contributed by atoms with Crippen molar-refractivity contribution in [3.8, 4) is 0 Å². The van der Waals surface area contributed by atoms with E-state index in [1.807, 2.05) is 27.7 Å². The molecule has 0 radical (unpaired) electrons. The molecule has 0 fully saturated rings. The molecule has 0 aliphatic heterocycles. The fourth-order valence-corrected chi connectivity index (χ4v) is 4.47. The largest absolute Gasteiger partial charge is 0.343 e. The van der Waals surface area contributed by atoms with Crippen LogP contribution >= 0.6 is 23.1 Å². The molecule has 0 saturated carbocycles. The van der Waals surface area contributed by atoms with E-state index < -0.39 is 0 Å². The van der Waals surface area contributed by atoms with Crippen LogP contribution in [0.3, 0.4) is 0 Å². The van der Waals surface area contributed by atoms with Gasteiger partial charge in [-0.2, -0.15) is 0 Å². The van der Waals surface area contributed by atoms with Crippen molar-refractivity contribution in [2.75, 3.05) is 0 Å². The summed E-state index contributed by atoms with van der Waals surface area (Å²) in [5.74, 6) is 0.595. The highest BCUT2D eigenvalue weighted by molar-refractivity contribution is 7.99. The predicted molar refractivity (Wildman–Crippen MR) is 97.1 cm³/mol. The molecule has 0 aromatic carbocycles. The Labute approximate surface area is 146 Å². The second kappa shape index (κ2) is 6.56. The van der Waals surface area contributed by atoms with Gasteiger partial charge in [0.05, 0.1) is 10.6 Å². The van der Waals surface area contributed by atoms with Crippen molar-refractivity contribution in [3.63, 3.8) is 0 Å². The zero-order chi connectivity index (χ0) is 17.4. The number of fused-ring (bicyclic) bond motifs is 1. The third-order valence-corrected chi connectivity index (χ3v) is 6.10. The lowest BCUT2D eigenvalue weighted by molar-refractivity contribution is 0.602. The molecular formula is C15H19N5O2S2. The van der Waals surface area contributed by atoms with Crippen molar-refractivity contribution in [3.05, 3.63) is 37.1 Å². The number of nitrogens with one attached hydrogen (secondary N) is 2. The molecule has 0 aliphatic carbocycles. The third kappa shape index (κ3) is 2.93. The van der Waals surface area contributed by atoms with Crippen LogP contribution in [0.5, 0.6) is 0 Å². The number of aromatic amines is 2. The Hall–Kier alpha value is -1.87. The molecule has 0 saturated heterocycles. The van der Waals surface area contributed by atoms with E-state index >= 15 is 0 Å². The van der Waals surface area contributed by atoms with Gasteiger partial charge in [0.15, 0.2) is 5.16 Å². The van der Waals surface area contributed by atoms with Gasteiger partial charge in [-0.05, 0) is 32.8 Å². The zero-order valence-electron chi connectivity index (χ0n) is 14.0. The van der Waals surface area contributed by atoms with Gasteiger partial charge in [-0.3, -0.25) is 9.36 Å². The first kappa shape index (κ1) is 17.0. The topological polar surface area (TPSA) is 96.4 Å². The second-order valence-electron chi connectivity index (χ2n) is 5.64. The standard InChI is InChI=1S/C15H19N5O2S2/c1-5-6-20-14(22)18-19-15(20)24-9(4)11-16-12(21)10-7(2)8(3)23-13(10)17-11/h9H,5-6H2,1-4H3,(H,18,22)(H,16,17,21). The molecule has 1 unspecified atom stereocenters. The van der Waals surface area contributed by atoms with Gasteiger partial charge in [0, 0.05) is 11.4 Å². The highest BCUT2D eigenvalue weighted by atomic mass is 32.2. The van der Waals surface area contributed by atoms with E-state index in [0.29, 0.717) is 22.9 Å². The lowest BCUT2D eigenvalue weighted by atomic mass is 10.2. The van der Waals surface area contributed by atoms with Crippen LogP contribution in [0.1, 0.15) is 41.8 Å². The number of hydrogen-bond acceptors (Lipinski definition) is 6. The normalized spacial score (nSPS) is 12.8. The maximum absolute atomic E-state index is 12.4. The number of aromatic nitrogens is 5. The van der Waals surface area contributed by atoms with E-state index in [1.54, 1.807) is 4.57 Å². The molecule has 0 aliphatic rings. The first-order valence-electron chi connectivity index (χ1n) is 7.74. The van der Waals surface area contributed by atoms with Crippen molar-refractivity contribution in [2.45, 2.75) is 51.1 Å². The Morgan fingerprint density at radius 2 is 2.08 bits per heavy atom. The molecule has 3 aromatic heterocycles. The number of rotatable bonds is 5. The predicted octanol–water partition coefficient (Wildman–Crippen LogP) is 2.75. The van der Waals surface area contributed by atoms with Crippen molar-refractivity contribution >= 4 is 33.3 Å². The van der Waals surface area contributed by atoms with Gasteiger partial charge in [0.2, 0.25) is 0 Å². The van der Waals surface area contributed by atoms with Crippen molar-refractivity contribution in [1.82, 2.24) is 24.7 Å². The second-order valence-corrected chi connectivity index (χ2v) is 8.15. The fourth-order valence-electron chi connectivity index (χ4n) is 2.49. The van der Waals surface area contributed by atoms with E-state index in [-0.39, 0.29) is 16.5 Å². The summed E-state index contributed by atoms with van der Waals surface area (Å²) in [5, 5.41) is 7.70. The van der Waals surface area contributed by atoms with E-state index in [2.05, 4.69) is 20.2 Å². The summed E-state index contributed by atoms with van der Waals surface area (Å²) in [5.41, 5.74) is 0.657. The SMILES string of the molecule is CCCn1c(SC(C)c2nc3sc(C)c(C)c3c(=O)[nH]2)n[nH]c1=O. The first-order valence-corrected chi connectivity index (χ1v) is 9.43. The molecular weight excluding hydrogens is 346 g/mol. The Kier molecular flexibility index (Phi) is 4.64. The van der Waals surface area contributed by atoms with Gasteiger partial charge in [-0.25, -0.2) is 14.9 Å². The number of H-pyrrole nitrogens is 2. The average molecular weight is 365 g/mol. The molecule has 3 heterocycles. The van der Waals surface area contributed by atoms with E-state index in [4.69, 9.17) is 0 Å². The van der Waals surface area contributed by atoms with Crippen LogP contribution in [-0.4, -0.2) is 24.7 Å². The average Bonchev–Trinajstić information content (AvgIpc) is 3.01. The minimum Gasteiger partial charge on any atom is -0.309 e. The summed E-state index contributed by atoms with van der Waals surface area (Å²) in [6, 6.07) is 0. The molecule has 128 valence electrons. The Morgan fingerprint density at radius 1 is 1.33 bits per heavy atom. The molecule has 0 spiro atoms. The van der Waals surface area contributed by atoms with Crippen LogP contribution in [0.4, 0.5) is 0 Å². The molecule has 3 aromatic rings. The highest BCUT2D eigenvalue weighted by Gasteiger charge is 2.18. The van der Waals surface area contributed by atoms with Crippen LogP contribution in [0.25, 0.3) is 10.2 Å². The molecule has 1 atom stereocenters. The minimum absolute atomic E-state index is 0.114. The Bertz CT molecular complexity index is 998. The number of thiophene rings is 1. The number of thioether (sulfide) groups is 1. The van der Waals surface area contributed by atoms with Gasteiger partial charge >= 0.3 is 5.69 Å². The van der Waals surface area contributed by atoms with Crippen molar-refractivity contribution < 1.29 is 0 Å². The van der Waals surface area contributed by atoms with Crippen molar-refractivity contribution in [2.24, 2.45) is 0 Å². The van der Waals surface area contributed by atoms with Gasteiger partial charge in [-0.1, -0.05) is 18.7 Å².